The maximum absolute atomic E-state index is 11.6. The van der Waals surface area contributed by atoms with Gasteiger partial charge in [0.15, 0.2) is 0 Å². The molecule has 0 aliphatic heterocycles. The van der Waals surface area contributed by atoms with E-state index in [0.29, 0.717) is 19.1 Å². The fraction of sp³-hybridized carbons (Fsp3) is 0.833. The number of hydrogen-bond acceptors (Lipinski definition) is 4. The van der Waals surface area contributed by atoms with E-state index in [4.69, 9.17) is 9.84 Å². The van der Waals surface area contributed by atoms with Crippen LogP contribution < -0.4 is 0 Å². The lowest BCUT2D eigenvalue weighted by Gasteiger charge is -2.22. The Morgan fingerprint density at radius 2 is 1.88 bits per heavy atom. The van der Waals surface area contributed by atoms with E-state index >= 15 is 0 Å². The third-order valence-corrected chi connectivity index (χ3v) is 2.62. The van der Waals surface area contributed by atoms with Crippen LogP contribution in [-0.2, 0) is 14.3 Å². The minimum Gasteiger partial charge on any atom is -0.481 e. The summed E-state index contributed by atoms with van der Waals surface area (Å²) >= 11 is 0. The number of carboxylic acids is 1. The first-order valence-electron chi connectivity index (χ1n) is 5.93. The van der Waals surface area contributed by atoms with Gasteiger partial charge in [-0.2, -0.15) is 0 Å². The molecule has 0 aromatic carbocycles. The lowest BCUT2D eigenvalue weighted by Crippen LogP contribution is -2.38. The number of carbonyl (C=O) groups is 2. The number of carbonyl (C=O) groups excluding carboxylic acids is 1. The second kappa shape index (κ2) is 8.06. The topological polar surface area (TPSA) is 66.8 Å². The summed E-state index contributed by atoms with van der Waals surface area (Å²) in [5, 5.41) is 8.54. The van der Waals surface area contributed by atoms with Crippen LogP contribution in [0.4, 0.5) is 0 Å². The predicted molar refractivity (Wildman–Crippen MR) is 64.8 cm³/mol. The highest BCUT2D eigenvalue weighted by molar-refractivity contribution is 5.75. The van der Waals surface area contributed by atoms with Gasteiger partial charge in [-0.25, -0.2) is 0 Å². The molecule has 0 aliphatic rings. The summed E-state index contributed by atoms with van der Waals surface area (Å²) in [6.45, 7) is 6.62. The van der Waals surface area contributed by atoms with Crippen LogP contribution in [0.5, 0.6) is 0 Å². The molecule has 0 saturated carbocycles. The van der Waals surface area contributed by atoms with Crippen molar-refractivity contribution in [3.05, 3.63) is 0 Å². The van der Waals surface area contributed by atoms with Crippen LogP contribution in [0.25, 0.3) is 0 Å². The summed E-state index contributed by atoms with van der Waals surface area (Å²) in [6.07, 6.45) is 0.872. The van der Waals surface area contributed by atoms with E-state index in [-0.39, 0.29) is 12.4 Å². The zero-order valence-electron chi connectivity index (χ0n) is 11.1. The van der Waals surface area contributed by atoms with Gasteiger partial charge in [-0.1, -0.05) is 13.8 Å². The highest BCUT2D eigenvalue weighted by Gasteiger charge is 2.19. The minimum atomic E-state index is -0.864. The van der Waals surface area contributed by atoms with Crippen LogP contribution in [0.1, 0.15) is 33.6 Å². The number of rotatable bonds is 8. The van der Waals surface area contributed by atoms with Crippen molar-refractivity contribution in [2.45, 2.75) is 39.7 Å². The molecular weight excluding hydrogens is 222 g/mol. The molecule has 0 spiro atoms. The molecule has 0 amide bonds. The van der Waals surface area contributed by atoms with Gasteiger partial charge in [-0.15, -0.1) is 0 Å². The molecule has 0 fully saturated rings. The van der Waals surface area contributed by atoms with Crippen molar-refractivity contribution in [1.82, 2.24) is 4.90 Å². The SMILES string of the molecule is CC(C)CCOC(=O)C(C)N(C)CCC(=O)O. The van der Waals surface area contributed by atoms with Gasteiger partial charge in [0.25, 0.3) is 0 Å². The van der Waals surface area contributed by atoms with E-state index in [0.717, 1.165) is 6.42 Å². The van der Waals surface area contributed by atoms with E-state index in [9.17, 15) is 9.59 Å². The lowest BCUT2D eigenvalue weighted by atomic mass is 10.1. The lowest BCUT2D eigenvalue weighted by molar-refractivity contribution is -0.150. The number of nitrogens with zero attached hydrogens (tertiary/aromatic N) is 1. The van der Waals surface area contributed by atoms with Gasteiger partial charge in [-0.3, -0.25) is 14.5 Å². The van der Waals surface area contributed by atoms with Gasteiger partial charge < -0.3 is 9.84 Å². The Bertz CT molecular complexity index is 253. The second-order valence-corrected chi connectivity index (χ2v) is 4.65. The van der Waals surface area contributed by atoms with Gasteiger partial charge in [0.2, 0.25) is 0 Å². The highest BCUT2D eigenvalue weighted by atomic mass is 16.5. The van der Waals surface area contributed by atoms with Gasteiger partial charge in [0.05, 0.1) is 13.0 Å². The van der Waals surface area contributed by atoms with Gasteiger partial charge in [0, 0.05) is 6.54 Å². The molecule has 0 heterocycles. The number of aliphatic carboxylic acids is 1. The van der Waals surface area contributed by atoms with Crippen molar-refractivity contribution in [1.29, 1.82) is 0 Å². The van der Waals surface area contributed by atoms with Crippen molar-refractivity contribution in [3.63, 3.8) is 0 Å². The zero-order valence-corrected chi connectivity index (χ0v) is 11.1. The van der Waals surface area contributed by atoms with Crippen LogP contribution in [0.2, 0.25) is 0 Å². The number of ether oxygens (including phenoxy) is 1. The monoisotopic (exact) mass is 245 g/mol. The third-order valence-electron chi connectivity index (χ3n) is 2.62. The maximum atomic E-state index is 11.6. The fourth-order valence-electron chi connectivity index (χ4n) is 1.16. The second-order valence-electron chi connectivity index (χ2n) is 4.65. The molecule has 0 aromatic heterocycles. The molecule has 0 bridgehead atoms. The van der Waals surface area contributed by atoms with E-state index in [1.807, 2.05) is 0 Å². The first-order chi connectivity index (χ1) is 7.84. The van der Waals surface area contributed by atoms with Crippen LogP contribution >= 0.6 is 0 Å². The molecule has 1 atom stereocenters. The van der Waals surface area contributed by atoms with Gasteiger partial charge in [-0.05, 0) is 26.3 Å². The normalized spacial score (nSPS) is 12.8. The van der Waals surface area contributed by atoms with Crippen molar-refractivity contribution >= 4 is 11.9 Å². The summed E-state index contributed by atoms with van der Waals surface area (Å²) in [5.41, 5.74) is 0. The first-order valence-corrected chi connectivity index (χ1v) is 5.93. The van der Waals surface area contributed by atoms with Crippen molar-refractivity contribution in [3.8, 4) is 0 Å². The average Bonchev–Trinajstić information content (AvgIpc) is 2.24. The number of esters is 1. The Morgan fingerprint density at radius 1 is 1.29 bits per heavy atom. The Hall–Kier alpha value is -1.10. The molecule has 5 heteroatoms. The quantitative estimate of drug-likeness (QED) is 0.654. The predicted octanol–water partition coefficient (Wildman–Crippen LogP) is 1.37. The Morgan fingerprint density at radius 3 is 2.35 bits per heavy atom. The van der Waals surface area contributed by atoms with Crippen molar-refractivity contribution in [2.75, 3.05) is 20.2 Å². The average molecular weight is 245 g/mol. The van der Waals surface area contributed by atoms with E-state index < -0.39 is 12.0 Å². The summed E-state index contributed by atoms with van der Waals surface area (Å²) < 4.78 is 5.11. The molecule has 0 saturated heterocycles. The molecule has 0 aliphatic carbocycles. The van der Waals surface area contributed by atoms with Crippen molar-refractivity contribution in [2.24, 2.45) is 5.92 Å². The largest absolute Gasteiger partial charge is 0.481 e. The van der Waals surface area contributed by atoms with E-state index in [1.54, 1.807) is 18.9 Å². The van der Waals surface area contributed by atoms with E-state index in [2.05, 4.69) is 13.8 Å². The smallest absolute Gasteiger partial charge is 0.323 e. The minimum absolute atomic E-state index is 0.0279. The number of likely N-dealkylation sites (N-methyl/N-ethyl adjacent to an activating group) is 1. The van der Waals surface area contributed by atoms with Crippen LogP contribution in [-0.4, -0.2) is 48.2 Å². The Balaban J connectivity index is 3.90. The summed E-state index contributed by atoms with van der Waals surface area (Å²) in [7, 11) is 1.72. The Kier molecular flexibility index (Phi) is 7.54. The highest BCUT2D eigenvalue weighted by Crippen LogP contribution is 2.03. The van der Waals surface area contributed by atoms with E-state index in [1.165, 1.54) is 0 Å². The fourth-order valence-corrected chi connectivity index (χ4v) is 1.16. The molecule has 0 rings (SSSR count). The third kappa shape index (κ3) is 7.74. The molecule has 0 aromatic rings. The standard InChI is InChI=1S/C12H23NO4/c1-9(2)6-8-17-12(16)10(3)13(4)7-5-11(14)15/h9-10H,5-8H2,1-4H3,(H,14,15). The Labute approximate surface area is 103 Å². The molecule has 1 unspecified atom stereocenters. The molecule has 0 radical (unpaired) electrons. The maximum Gasteiger partial charge on any atom is 0.323 e. The van der Waals surface area contributed by atoms with Crippen LogP contribution in [0.3, 0.4) is 0 Å². The van der Waals surface area contributed by atoms with Gasteiger partial charge in [0.1, 0.15) is 6.04 Å². The molecule has 17 heavy (non-hydrogen) atoms. The molecule has 1 N–H and O–H groups in total. The molecule has 100 valence electrons. The zero-order chi connectivity index (χ0) is 13.4. The number of hydrogen-bond donors (Lipinski definition) is 1. The summed E-state index contributed by atoms with van der Waals surface area (Å²) in [5.74, 6) is -0.654. The van der Waals surface area contributed by atoms with Crippen LogP contribution in [0.15, 0.2) is 0 Å². The van der Waals surface area contributed by atoms with Crippen LogP contribution in [0, 0.1) is 5.92 Å². The molecule has 5 nitrogen and oxygen atoms in total. The molecular formula is C12H23NO4. The summed E-state index contributed by atoms with van der Waals surface area (Å²) in [4.78, 5) is 23.7. The first kappa shape index (κ1) is 15.9. The van der Waals surface area contributed by atoms with Crippen molar-refractivity contribution < 1.29 is 19.4 Å². The summed E-state index contributed by atoms with van der Waals surface area (Å²) in [6, 6.07) is -0.401. The van der Waals surface area contributed by atoms with Gasteiger partial charge >= 0.3 is 11.9 Å². The number of carboxylic acid groups (broad SMARTS) is 1.